The first kappa shape index (κ1) is 9.65. The van der Waals surface area contributed by atoms with Crippen molar-refractivity contribution in [3.8, 4) is 17.0 Å². The molecule has 0 atom stereocenters. The molecule has 0 unspecified atom stereocenters. The maximum absolute atomic E-state index is 9.48. The Labute approximate surface area is 97.0 Å². The van der Waals surface area contributed by atoms with Crippen molar-refractivity contribution >= 4 is 16.9 Å². The molecule has 0 fully saturated rings. The van der Waals surface area contributed by atoms with Crippen LogP contribution in [0.4, 0.5) is 5.82 Å². The molecule has 0 radical (unpaired) electrons. The molecule has 2 heterocycles. The van der Waals surface area contributed by atoms with Crippen molar-refractivity contribution in [2.24, 2.45) is 0 Å². The second-order valence-corrected chi connectivity index (χ2v) is 3.74. The van der Waals surface area contributed by atoms with E-state index in [0.29, 0.717) is 11.5 Å². The van der Waals surface area contributed by atoms with Crippen LogP contribution in [0.25, 0.3) is 22.3 Å². The second kappa shape index (κ2) is 3.48. The highest BCUT2D eigenvalue weighted by molar-refractivity contribution is 5.91. The number of aromatic amines is 1. The van der Waals surface area contributed by atoms with Gasteiger partial charge in [0.05, 0.1) is 11.8 Å². The Hall–Kier alpha value is -2.56. The molecule has 0 aliphatic heterocycles. The number of rotatable bonds is 1. The number of anilines is 1. The Balaban J connectivity index is 2.32. The zero-order valence-electron chi connectivity index (χ0n) is 8.88. The topological polar surface area (TPSA) is 87.8 Å². The molecule has 2 aromatic heterocycles. The number of pyridine rings is 1. The van der Waals surface area contributed by atoms with Crippen molar-refractivity contribution in [1.82, 2.24) is 15.0 Å². The third-order valence-electron chi connectivity index (χ3n) is 2.55. The quantitative estimate of drug-likeness (QED) is 0.591. The van der Waals surface area contributed by atoms with Gasteiger partial charge in [0, 0.05) is 11.6 Å². The molecule has 0 spiro atoms. The molecule has 84 valence electrons. The third-order valence-corrected chi connectivity index (χ3v) is 2.55. The van der Waals surface area contributed by atoms with E-state index < -0.39 is 0 Å². The standard InChI is InChI=1S/C12H10N4O/c13-10-5-9-12(15-6-14-9)11(16-10)7-2-1-3-8(17)4-7/h1-6,17H,(H2,13,16)(H,14,15). The Bertz CT molecular complexity index is 690. The van der Waals surface area contributed by atoms with Gasteiger partial charge in [0.15, 0.2) is 0 Å². The summed E-state index contributed by atoms with van der Waals surface area (Å²) in [5, 5.41) is 9.48. The monoisotopic (exact) mass is 226 g/mol. The number of benzene rings is 1. The SMILES string of the molecule is Nc1cc2[nH]cnc2c(-c2cccc(O)c2)n1. The number of fused-ring (bicyclic) bond motifs is 1. The normalized spacial score (nSPS) is 10.8. The number of phenols is 1. The van der Waals surface area contributed by atoms with Crippen molar-refractivity contribution in [1.29, 1.82) is 0 Å². The van der Waals surface area contributed by atoms with Crippen LogP contribution in [0, 0.1) is 0 Å². The highest BCUT2D eigenvalue weighted by atomic mass is 16.3. The van der Waals surface area contributed by atoms with Gasteiger partial charge in [-0.15, -0.1) is 0 Å². The first-order chi connectivity index (χ1) is 8.24. The molecule has 5 nitrogen and oxygen atoms in total. The minimum Gasteiger partial charge on any atom is -0.508 e. The number of nitrogens with two attached hydrogens (primary N) is 1. The van der Waals surface area contributed by atoms with Gasteiger partial charge in [0.2, 0.25) is 0 Å². The van der Waals surface area contributed by atoms with Crippen LogP contribution in [0.2, 0.25) is 0 Å². The molecular weight excluding hydrogens is 216 g/mol. The van der Waals surface area contributed by atoms with Crippen LogP contribution in [0.5, 0.6) is 5.75 Å². The zero-order chi connectivity index (χ0) is 11.8. The summed E-state index contributed by atoms with van der Waals surface area (Å²) in [6.45, 7) is 0. The van der Waals surface area contributed by atoms with Crippen LogP contribution in [-0.4, -0.2) is 20.1 Å². The van der Waals surface area contributed by atoms with Gasteiger partial charge in [-0.3, -0.25) is 0 Å². The number of nitrogens with zero attached hydrogens (tertiary/aromatic N) is 2. The summed E-state index contributed by atoms with van der Waals surface area (Å²) in [6.07, 6.45) is 1.60. The molecule has 5 heteroatoms. The lowest BCUT2D eigenvalue weighted by Gasteiger charge is -2.04. The van der Waals surface area contributed by atoms with Gasteiger partial charge in [-0.25, -0.2) is 9.97 Å². The van der Waals surface area contributed by atoms with Gasteiger partial charge in [0.1, 0.15) is 22.8 Å². The van der Waals surface area contributed by atoms with E-state index in [1.54, 1.807) is 30.6 Å². The number of aromatic hydroxyl groups is 1. The van der Waals surface area contributed by atoms with Crippen molar-refractivity contribution in [2.75, 3.05) is 5.73 Å². The molecule has 0 amide bonds. The first-order valence-electron chi connectivity index (χ1n) is 5.13. The van der Waals surface area contributed by atoms with Crippen molar-refractivity contribution in [2.45, 2.75) is 0 Å². The Morgan fingerprint density at radius 1 is 1.24 bits per heavy atom. The number of phenolic OH excluding ortho intramolecular Hbond substituents is 1. The summed E-state index contributed by atoms with van der Waals surface area (Å²) in [4.78, 5) is 11.5. The number of aromatic nitrogens is 3. The van der Waals surface area contributed by atoms with E-state index in [2.05, 4.69) is 15.0 Å². The fraction of sp³-hybridized carbons (Fsp3) is 0. The predicted molar refractivity (Wildman–Crippen MR) is 65.4 cm³/mol. The smallest absolute Gasteiger partial charge is 0.126 e. The highest BCUT2D eigenvalue weighted by Gasteiger charge is 2.09. The van der Waals surface area contributed by atoms with Gasteiger partial charge in [-0.1, -0.05) is 12.1 Å². The minimum absolute atomic E-state index is 0.190. The summed E-state index contributed by atoms with van der Waals surface area (Å²) >= 11 is 0. The maximum atomic E-state index is 9.48. The minimum atomic E-state index is 0.190. The molecule has 0 saturated carbocycles. The van der Waals surface area contributed by atoms with E-state index in [4.69, 9.17) is 5.73 Å². The summed E-state index contributed by atoms with van der Waals surface area (Å²) in [5.41, 5.74) is 8.76. The highest BCUT2D eigenvalue weighted by Crippen LogP contribution is 2.28. The fourth-order valence-corrected chi connectivity index (χ4v) is 1.82. The lowest BCUT2D eigenvalue weighted by Crippen LogP contribution is -1.93. The molecule has 0 aliphatic carbocycles. The molecule has 17 heavy (non-hydrogen) atoms. The molecule has 0 bridgehead atoms. The largest absolute Gasteiger partial charge is 0.508 e. The summed E-state index contributed by atoms with van der Waals surface area (Å²) < 4.78 is 0. The van der Waals surface area contributed by atoms with Crippen molar-refractivity contribution < 1.29 is 5.11 Å². The average molecular weight is 226 g/mol. The first-order valence-corrected chi connectivity index (χ1v) is 5.13. The number of nitrogen functional groups attached to an aromatic ring is 1. The van der Waals surface area contributed by atoms with E-state index in [1.165, 1.54) is 0 Å². The molecule has 3 aromatic rings. The lowest BCUT2D eigenvalue weighted by atomic mass is 10.1. The number of hydrogen-bond acceptors (Lipinski definition) is 4. The van der Waals surface area contributed by atoms with E-state index in [1.807, 2.05) is 6.07 Å². The van der Waals surface area contributed by atoms with Crippen LogP contribution in [0.1, 0.15) is 0 Å². The summed E-state index contributed by atoms with van der Waals surface area (Å²) in [7, 11) is 0. The Morgan fingerprint density at radius 3 is 2.94 bits per heavy atom. The lowest BCUT2D eigenvalue weighted by molar-refractivity contribution is 0.475. The molecule has 1 aromatic carbocycles. The number of hydrogen-bond donors (Lipinski definition) is 3. The van der Waals surface area contributed by atoms with E-state index in [-0.39, 0.29) is 5.75 Å². The Morgan fingerprint density at radius 2 is 2.12 bits per heavy atom. The molecule has 0 saturated heterocycles. The number of nitrogens with one attached hydrogen (secondary N) is 1. The van der Waals surface area contributed by atoms with Crippen LogP contribution < -0.4 is 5.73 Å². The predicted octanol–water partition coefficient (Wildman–Crippen LogP) is 1.91. The summed E-state index contributed by atoms with van der Waals surface area (Å²) in [6, 6.07) is 8.59. The van der Waals surface area contributed by atoms with Crippen molar-refractivity contribution in [3.63, 3.8) is 0 Å². The molecule has 3 rings (SSSR count). The summed E-state index contributed by atoms with van der Waals surface area (Å²) in [5.74, 6) is 0.607. The van der Waals surface area contributed by atoms with Gasteiger partial charge in [0.25, 0.3) is 0 Å². The van der Waals surface area contributed by atoms with Gasteiger partial charge >= 0.3 is 0 Å². The van der Waals surface area contributed by atoms with Crippen LogP contribution in [-0.2, 0) is 0 Å². The number of H-pyrrole nitrogens is 1. The molecular formula is C12H10N4O. The third kappa shape index (κ3) is 1.57. The van der Waals surface area contributed by atoms with Gasteiger partial charge in [-0.05, 0) is 12.1 Å². The van der Waals surface area contributed by atoms with Gasteiger partial charge in [-0.2, -0.15) is 0 Å². The van der Waals surface area contributed by atoms with Crippen LogP contribution >= 0.6 is 0 Å². The van der Waals surface area contributed by atoms with E-state index >= 15 is 0 Å². The molecule has 4 N–H and O–H groups in total. The van der Waals surface area contributed by atoms with Crippen LogP contribution in [0.3, 0.4) is 0 Å². The van der Waals surface area contributed by atoms with E-state index in [0.717, 1.165) is 16.6 Å². The zero-order valence-corrected chi connectivity index (χ0v) is 8.88. The average Bonchev–Trinajstić information content (AvgIpc) is 2.75. The number of imidazole rings is 1. The Kier molecular flexibility index (Phi) is 1.98. The second-order valence-electron chi connectivity index (χ2n) is 3.74. The maximum Gasteiger partial charge on any atom is 0.126 e. The van der Waals surface area contributed by atoms with Gasteiger partial charge < -0.3 is 15.8 Å². The van der Waals surface area contributed by atoms with Crippen molar-refractivity contribution in [3.05, 3.63) is 36.7 Å². The fourth-order valence-electron chi connectivity index (χ4n) is 1.82. The molecule has 0 aliphatic rings. The van der Waals surface area contributed by atoms with Crippen LogP contribution in [0.15, 0.2) is 36.7 Å². The van der Waals surface area contributed by atoms with E-state index in [9.17, 15) is 5.11 Å².